The number of amides is 1. The molecule has 0 aromatic heterocycles. The maximum absolute atomic E-state index is 12.5. The molecule has 0 N–H and O–H groups in total. The molecule has 0 saturated carbocycles. The zero-order chi connectivity index (χ0) is 17.0. The number of rotatable bonds is 5. The molecule has 7 heteroatoms. The molecule has 1 aromatic rings. The van der Waals surface area contributed by atoms with Crippen LogP contribution in [0.15, 0.2) is 29.2 Å². The summed E-state index contributed by atoms with van der Waals surface area (Å²) in [6.45, 7) is 8.02. The largest absolute Gasteiger partial charge is 0.375 e. The first-order valence-corrected chi connectivity index (χ1v) is 9.35. The van der Waals surface area contributed by atoms with E-state index in [0.717, 1.165) is 0 Å². The molecule has 1 aromatic carbocycles. The van der Waals surface area contributed by atoms with E-state index in [1.807, 2.05) is 6.92 Å². The van der Waals surface area contributed by atoms with Crippen molar-refractivity contribution in [2.75, 3.05) is 32.8 Å². The molecule has 1 heterocycles. The molecule has 0 spiro atoms. The number of ether oxygens (including phenoxy) is 1. The van der Waals surface area contributed by atoms with E-state index < -0.39 is 10.0 Å². The van der Waals surface area contributed by atoms with Crippen LogP contribution in [0.3, 0.4) is 0 Å². The lowest BCUT2D eigenvalue weighted by molar-refractivity contribution is -0.0124. The Labute approximate surface area is 138 Å². The average Bonchev–Trinajstić information content (AvgIpc) is 2.55. The van der Waals surface area contributed by atoms with Crippen molar-refractivity contribution in [2.24, 2.45) is 0 Å². The molecule has 128 valence electrons. The van der Waals surface area contributed by atoms with Crippen LogP contribution < -0.4 is 0 Å². The molecule has 0 bridgehead atoms. The lowest BCUT2D eigenvalue weighted by Gasteiger charge is -2.31. The average molecular weight is 340 g/mol. The van der Waals surface area contributed by atoms with Crippen LogP contribution in [0.25, 0.3) is 0 Å². The van der Waals surface area contributed by atoms with Gasteiger partial charge in [-0.2, -0.15) is 4.31 Å². The van der Waals surface area contributed by atoms with Gasteiger partial charge >= 0.3 is 0 Å². The van der Waals surface area contributed by atoms with E-state index in [2.05, 4.69) is 0 Å². The summed E-state index contributed by atoms with van der Waals surface area (Å²) in [6.07, 6.45) is 0.0232. The Hall–Kier alpha value is -1.44. The van der Waals surface area contributed by atoms with Gasteiger partial charge in [0.05, 0.1) is 17.6 Å². The summed E-state index contributed by atoms with van der Waals surface area (Å²) in [6, 6.07) is 6.17. The van der Waals surface area contributed by atoms with Crippen molar-refractivity contribution in [2.45, 2.75) is 31.8 Å². The number of morpholine rings is 1. The van der Waals surface area contributed by atoms with Crippen LogP contribution in [0.2, 0.25) is 0 Å². The molecule has 1 saturated heterocycles. The van der Waals surface area contributed by atoms with Gasteiger partial charge in [-0.15, -0.1) is 0 Å². The first-order valence-electron chi connectivity index (χ1n) is 7.91. The number of carbonyl (C=O) groups is 1. The van der Waals surface area contributed by atoms with Crippen molar-refractivity contribution in [3.63, 3.8) is 0 Å². The van der Waals surface area contributed by atoms with Crippen molar-refractivity contribution in [3.05, 3.63) is 29.8 Å². The van der Waals surface area contributed by atoms with Crippen LogP contribution in [-0.2, 0) is 14.8 Å². The Kier molecular flexibility index (Phi) is 5.78. The molecule has 0 aliphatic carbocycles. The summed E-state index contributed by atoms with van der Waals surface area (Å²) in [5, 5.41) is 0. The normalized spacial score (nSPS) is 19.1. The fourth-order valence-electron chi connectivity index (χ4n) is 2.67. The third kappa shape index (κ3) is 3.91. The van der Waals surface area contributed by atoms with Crippen LogP contribution >= 0.6 is 0 Å². The van der Waals surface area contributed by atoms with E-state index >= 15 is 0 Å². The standard InChI is InChI=1S/C16H24N2O4S/c1-4-18(5-2)23(20,21)15-8-6-14(7-9-15)16(19)17-10-11-22-13(3)12-17/h6-9,13H,4-5,10-12H2,1-3H3. The Morgan fingerprint density at radius 2 is 1.87 bits per heavy atom. The molecule has 1 fully saturated rings. The molecular weight excluding hydrogens is 316 g/mol. The number of hydrogen-bond acceptors (Lipinski definition) is 4. The van der Waals surface area contributed by atoms with Gasteiger partial charge in [0, 0.05) is 31.7 Å². The van der Waals surface area contributed by atoms with Gasteiger partial charge in [-0.3, -0.25) is 4.79 Å². The number of nitrogens with zero attached hydrogens (tertiary/aromatic N) is 2. The minimum atomic E-state index is -3.49. The van der Waals surface area contributed by atoms with Crippen LogP contribution in [0.4, 0.5) is 0 Å². The summed E-state index contributed by atoms with van der Waals surface area (Å²) >= 11 is 0. The summed E-state index contributed by atoms with van der Waals surface area (Å²) in [4.78, 5) is 14.4. The number of benzene rings is 1. The Bertz CT molecular complexity index is 639. The zero-order valence-electron chi connectivity index (χ0n) is 13.9. The molecule has 1 atom stereocenters. The van der Waals surface area contributed by atoms with Gasteiger partial charge < -0.3 is 9.64 Å². The Morgan fingerprint density at radius 3 is 2.39 bits per heavy atom. The van der Waals surface area contributed by atoms with E-state index in [4.69, 9.17) is 4.74 Å². The number of hydrogen-bond donors (Lipinski definition) is 0. The Balaban J connectivity index is 2.17. The number of sulfonamides is 1. The summed E-state index contributed by atoms with van der Waals surface area (Å²) in [5.74, 6) is -0.0908. The molecular formula is C16H24N2O4S. The van der Waals surface area contributed by atoms with E-state index in [0.29, 0.717) is 38.3 Å². The van der Waals surface area contributed by atoms with Crippen LogP contribution in [0, 0.1) is 0 Å². The quantitative estimate of drug-likeness (QED) is 0.816. The highest BCUT2D eigenvalue weighted by atomic mass is 32.2. The van der Waals surface area contributed by atoms with Crippen molar-refractivity contribution in [1.82, 2.24) is 9.21 Å². The maximum Gasteiger partial charge on any atom is 0.254 e. The maximum atomic E-state index is 12.5. The van der Waals surface area contributed by atoms with Gasteiger partial charge in [0.1, 0.15) is 0 Å². The monoisotopic (exact) mass is 340 g/mol. The predicted molar refractivity (Wildman–Crippen MR) is 87.9 cm³/mol. The van der Waals surface area contributed by atoms with Crippen LogP contribution in [-0.4, -0.2) is 62.4 Å². The SMILES string of the molecule is CCN(CC)S(=O)(=O)c1ccc(C(=O)N2CCOC(C)C2)cc1. The minimum absolute atomic E-state index is 0.0232. The van der Waals surface area contributed by atoms with Gasteiger partial charge in [-0.1, -0.05) is 13.8 Å². The highest BCUT2D eigenvalue weighted by Gasteiger charge is 2.24. The molecule has 2 rings (SSSR count). The third-order valence-corrected chi connectivity index (χ3v) is 6.04. The molecule has 6 nitrogen and oxygen atoms in total. The highest BCUT2D eigenvalue weighted by Crippen LogP contribution is 2.17. The van der Waals surface area contributed by atoms with Crippen molar-refractivity contribution in [1.29, 1.82) is 0 Å². The minimum Gasteiger partial charge on any atom is -0.375 e. The summed E-state index contributed by atoms with van der Waals surface area (Å²) < 4.78 is 31.7. The molecule has 1 amide bonds. The highest BCUT2D eigenvalue weighted by molar-refractivity contribution is 7.89. The van der Waals surface area contributed by atoms with Crippen LogP contribution in [0.1, 0.15) is 31.1 Å². The predicted octanol–water partition coefficient (Wildman–Crippen LogP) is 1.58. The summed E-state index contributed by atoms with van der Waals surface area (Å²) in [7, 11) is -3.49. The first kappa shape index (κ1) is 17.9. The van der Waals surface area contributed by atoms with Gasteiger partial charge in [-0.05, 0) is 31.2 Å². The lowest BCUT2D eigenvalue weighted by atomic mass is 10.2. The van der Waals surface area contributed by atoms with E-state index in [9.17, 15) is 13.2 Å². The fourth-order valence-corrected chi connectivity index (χ4v) is 4.13. The van der Waals surface area contributed by atoms with Gasteiger partial charge in [-0.25, -0.2) is 8.42 Å². The molecule has 23 heavy (non-hydrogen) atoms. The molecule has 1 unspecified atom stereocenters. The van der Waals surface area contributed by atoms with E-state index in [-0.39, 0.29) is 16.9 Å². The fraction of sp³-hybridized carbons (Fsp3) is 0.562. The second-order valence-corrected chi connectivity index (χ2v) is 7.48. The summed E-state index contributed by atoms with van der Waals surface area (Å²) in [5.41, 5.74) is 0.498. The second kappa shape index (κ2) is 7.42. The molecule has 1 aliphatic heterocycles. The first-order chi connectivity index (χ1) is 10.9. The second-order valence-electron chi connectivity index (χ2n) is 5.55. The lowest BCUT2D eigenvalue weighted by Crippen LogP contribution is -2.44. The zero-order valence-corrected chi connectivity index (χ0v) is 14.7. The van der Waals surface area contributed by atoms with Crippen LogP contribution in [0.5, 0.6) is 0 Å². The van der Waals surface area contributed by atoms with Gasteiger partial charge in [0.15, 0.2) is 0 Å². The third-order valence-electron chi connectivity index (χ3n) is 3.97. The van der Waals surface area contributed by atoms with Gasteiger partial charge in [0.2, 0.25) is 10.0 Å². The van der Waals surface area contributed by atoms with Gasteiger partial charge in [0.25, 0.3) is 5.91 Å². The van der Waals surface area contributed by atoms with Crippen molar-refractivity contribution in [3.8, 4) is 0 Å². The molecule has 1 aliphatic rings. The van der Waals surface area contributed by atoms with E-state index in [1.54, 1.807) is 30.9 Å². The van der Waals surface area contributed by atoms with Crippen molar-refractivity contribution < 1.29 is 17.9 Å². The smallest absolute Gasteiger partial charge is 0.254 e. The topological polar surface area (TPSA) is 66.9 Å². The van der Waals surface area contributed by atoms with E-state index in [1.165, 1.54) is 16.4 Å². The van der Waals surface area contributed by atoms with Crippen molar-refractivity contribution >= 4 is 15.9 Å². The Morgan fingerprint density at radius 1 is 1.26 bits per heavy atom. The number of carbonyl (C=O) groups excluding carboxylic acids is 1. The molecule has 0 radical (unpaired) electrons.